The van der Waals surface area contributed by atoms with Crippen LogP contribution in [-0.2, 0) is 9.84 Å². The minimum absolute atomic E-state index is 0.0521. The van der Waals surface area contributed by atoms with Gasteiger partial charge in [-0.15, -0.1) is 0 Å². The molecule has 1 unspecified atom stereocenters. The highest BCUT2D eigenvalue weighted by molar-refractivity contribution is 7.94. The number of oxime groups is 1. The highest BCUT2D eigenvalue weighted by Crippen LogP contribution is 2.48. The van der Waals surface area contributed by atoms with Crippen LogP contribution in [0.4, 0.5) is 0 Å². The first kappa shape index (κ1) is 12.4. The van der Waals surface area contributed by atoms with E-state index in [0.29, 0.717) is 13.0 Å². The Labute approximate surface area is 100 Å². The summed E-state index contributed by atoms with van der Waals surface area (Å²) in [6.45, 7) is 0.702. The fourth-order valence-corrected chi connectivity index (χ4v) is 3.33. The SMILES string of the molecule is NC(CC1(CNC2C=CS(=O)(=O)C2)CC1)=NO. The average Bonchev–Trinajstić information content (AvgIpc) is 2.94. The second kappa shape index (κ2) is 4.30. The van der Waals surface area contributed by atoms with Crippen molar-refractivity contribution in [2.24, 2.45) is 16.3 Å². The van der Waals surface area contributed by atoms with Crippen molar-refractivity contribution in [1.29, 1.82) is 0 Å². The maximum absolute atomic E-state index is 11.2. The maximum atomic E-state index is 11.2. The van der Waals surface area contributed by atoms with Crippen molar-refractivity contribution >= 4 is 15.7 Å². The predicted molar refractivity (Wildman–Crippen MR) is 64.4 cm³/mol. The summed E-state index contributed by atoms with van der Waals surface area (Å²) < 4.78 is 22.4. The van der Waals surface area contributed by atoms with Gasteiger partial charge >= 0.3 is 0 Å². The fourth-order valence-electron chi connectivity index (χ4n) is 2.06. The third kappa shape index (κ3) is 3.19. The summed E-state index contributed by atoms with van der Waals surface area (Å²) >= 11 is 0. The zero-order valence-corrected chi connectivity index (χ0v) is 10.3. The predicted octanol–water partition coefficient (Wildman–Crippen LogP) is -0.197. The zero-order chi connectivity index (χ0) is 12.5. The van der Waals surface area contributed by atoms with E-state index in [1.54, 1.807) is 6.08 Å². The Balaban J connectivity index is 1.82. The van der Waals surface area contributed by atoms with Crippen LogP contribution in [0.15, 0.2) is 16.6 Å². The molecule has 1 heterocycles. The summed E-state index contributed by atoms with van der Waals surface area (Å²) in [7, 11) is -3.00. The van der Waals surface area contributed by atoms with Crippen LogP contribution >= 0.6 is 0 Å². The number of nitrogens with two attached hydrogens (primary N) is 1. The third-order valence-electron chi connectivity index (χ3n) is 3.31. The van der Waals surface area contributed by atoms with Gasteiger partial charge in [0.25, 0.3) is 0 Å². The number of nitrogens with one attached hydrogen (secondary N) is 1. The van der Waals surface area contributed by atoms with Crippen LogP contribution in [0.25, 0.3) is 0 Å². The number of amidine groups is 1. The third-order valence-corrected chi connectivity index (χ3v) is 4.71. The number of sulfone groups is 1. The van der Waals surface area contributed by atoms with E-state index in [1.165, 1.54) is 5.41 Å². The molecular weight excluding hydrogens is 242 g/mol. The average molecular weight is 259 g/mol. The van der Waals surface area contributed by atoms with Gasteiger partial charge in [-0.2, -0.15) is 0 Å². The van der Waals surface area contributed by atoms with Crippen LogP contribution in [0.2, 0.25) is 0 Å². The zero-order valence-electron chi connectivity index (χ0n) is 9.46. The van der Waals surface area contributed by atoms with Gasteiger partial charge in [0.2, 0.25) is 0 Å². The molecule has 0 spiro atoms. The van der Waals surface area contributed by atoms with Gasteiger partial charge in [-0.1, -0.05) is 11.2 Å². The Morgan fingerprint density at radius 3 is 2.76 bits per heavy atom. The van der Waals surface area contributed by atoms with Gasteiger partial charge in [0.1, 0.15) is 5.84 Å². The molecule has 6 nitrogen and oxygen atoms in total. The molecule has 1 atom stereocenters. The number of hydrogen-bond acceptors (Lipinski definition) is 5. The molecule has 2 rings (SSSR count). The van der Waals surface area contributed by atoms with Crippen LogP contribution in [0, 0.1) is 5.41 Å². The van der Waals surface area contributed by atoms with Crippen LogP contribution in [0.5, 0.6) is 0 Å². The minimum Gasteiger partial charge on any atom is -0.409 e. The quantitative estimate of drug-likeness (QED) is 0.274. The molecule has 17 heavy (non-hydrogen) atoms. The lowest BCUT2D eigenvalue weighted by Gasteiger charge is -2.17. The summed E-state index contributed by atoms with van der Waals surface area (Å²) in [5.74, 6) is 0.367. The summed E-state index contributed by atoms with van der Waals surface area (Å²) in [4.78, 5) is 0. The Morgan fingerprint density at radius 1 is 1.59 bits per heavy atom. The molecule has 1 saturated carbocycles. The Kier molecular flexibility index (Phi) is 3.13. The molecule has 7 heteroatoms. The highest BCUT2D eigenvalue weighted by Gasteiger charge is 2.43. The minimum atomic E-state index is -3.00. The van der Waals surface area contributed by atoms with Crippen molar-refractivity contribution in [3.8, 4) is 0 Å². The largest absolute Gasteiger partial charge is 0.409 e. The standard InChI is InChI=1S/C10H17N3O3S/c11-9(13-14)5-10(2-3-10)7-12-8-1-4-17(15,16)6-8/h1,4,8,12,14H,2-3,5-7H2,(H2,11,13). The van der Waals surface area contributed by atoms with Crippen LogP contribution in [0.3, 0.4) is 0 Å². The van der Waals surface area contributed by atoms with Crippen LogP contribution in [0.1, 0.15) is 19.3 Å². The molecule has 0 saturated heterocycles. The van der Waals surface area contributed by atoms with E-state index in [1.807, 2.05) is 0 Å². The lowest BCUT2D eigenvalue weighted by atomic mass is 10.0. The van der Waals surface area contributed by atoms with Gasteiger partial charge < -0.3 is 16.3 Å². The Hall–Kier alpha value is -1.08. The molecule has 2 aliphatic rings. The fraction of sp³-hybridized carbons (Fsp3) is 0.700. The van der Waals surface area contributed by atoms with Crippen molar-refractivity contribution in [3.63, 3.8) is 0 Å². The van der Waals surface area contributed by atoms with E-state index in [-0.39, 0.29) is 23.0 Å². The van der Waals surface area contributed by atoms with Crippen molar-refractivity contribution in [3.05, 3.63) is 11.5 Å². The van der Waals surface area contributed by atoms with Crippen LogP contribution in [-0.4, -0.2) is 37.8 Å². The number of rotatable bonds is 5. The lowest BCUT2D eigenvalue weighted by molar-refractivity contribution is 0.314. The van der Waals surface area contributed by atoms with Gasteiger partial charge in [0, 0.05) is 24.4 Å². The summed E-state index contributed by atoms with van der Waals surface area (Å²) in [5.41, 5.74) is 5.54. The van der Waals surface area contributed by atoms with Crippen molar-refractivity contribution in [2.75, 3.05) is 12.3 Å². The van der Waals surface area contributed by atoms with E-state index in [0.717, 1.165) is 12.8 Å². The molecule has 0 radical (unpaired) electrons. The van der Waals surface area contributed by atoms with Gasteiger partial charge in [-0.25, -0.2) is 8.42 Å². The number of nitrogens with zero attached hydrogens (tertiary/aromatic N) is 1. The van der Waals surface area contributed by atoms with Gasteiger partial charge in [-0.05, 0) is 18.3 Å². The Morgan fingerprint density at radius 2 is 2.29 bits per heavy atom. The van der Waals surface area contributed by atoms with Gasteiger partial charge in [0.05, 0.1) is 5.75 Å². The van der Waals surface area contributed by atoms with Crippen molar-refractivity contribution in [1.82, 2.24) is 5.32 Å². The van der Waals surface area contributed by atoms with E-state index < -0.39 is 9.84 Å². The van der Waals surface area contributed by atoms with Gasteiger partial charge in [0.15, 0.2) is 9.84 Å². The topological polar surface area (TPSA) is 105 Å². The molecule has 1 aliphatic carbocycles. The second-order valence-electron chi connectivity index (χ2n) is 4.91. The Bertz CT molecular complexity index is 451. The first-order valence-electron chi connectivity index (χ1n) is 5.55. The molecule has 0 bridgehead atoms. The van der Waals surface area contributed by atoms with Crippen molar-refractivity contribution in [2.45, 2.75) is 25.3 Å². The van der Waals surface area contributed by atoms with Crippen molar-refractivity contribution < 1.29 is 13.6 Å². The normalized spacial score (nSPS) is 29.4. The number of hydrogen-bond donors (Lipinski definition) is 3. The molecule has 0 aromatic carbocycles. The van der Waals surface area contributed by atoms with E-state index in [2.05, 4.69) is 10.5 Å². The molecule has 1 aliphatic heterocycles. The smallest absolute Gasteiger partial charge is 0.173 e. The first-order valence-corrected chi connectivity index (χ1v) is 7.27. The molecular formula is C10H17N3O3S. The van der Waals surface area contributed by atoms with E-state index in [9.17, 15) is 8.42 Å². The lowest BCUT2D eigenvalue weighted by Crippen LogP contribution is -2.36. The molecule has 96 valence electrons. The first-order chi connectivity index (χ1) is 7.95. The monoisotopic (exact) mass is 259 g/mol. The summed E-state index contributed by atoms with van der Waals surface area (Å²) in [6, 6.07) is -0.107. The van der Waals surface area contributed by atoms with Crippen LogP contribution < -0.4 is 11.1 Å². The summed E-state index contributed by atoms with van der Waals surface area (Å²) in [6.07, 6.45) is 4.29. The highest BCUT2D eigenvalue weighted by atomic mass is 32.2. The maximum Gasteiger partial charge on any atom is 0.173 e. The molecule has 0 aromatic heterocycles. The molecule has 0 amide bonds. The molecule has 1 fully saturated rings. The second-order valence-corrected chi connectivity index (χ2v) is 6.84. The molecule has 4 N–H and O–H groups in total. The van der Waals surface area contributed by atoms with Gasteiger partial charge in [-0.3, -0.25) is 0 Å². The molecule has 0 aromatic rings. The van der Waals surface area contributed by atoms with E-state index >= 15 is 0 Å². The van der Waals surface area contributed by atoms with E-state index in [4.69, 9.17) is 10.9 Å². The summed E-state index contributed by atoms with van der Waals surface area (Å²) in [5, 5.41) is 16.0.